The van der Waals surface area contributed by atoms with Crippen LogP contribution in [0.3, 0.4) is 0 Å². The van der Waals surface area contributed by atoms with Crippen molar-refractivity contribution in [3.05, 3.63) is 196 Å². The van der Waals surface area contributed by atoms with Crippen molar-refractivity contribution in [2.45, 2.75) is 104 Å². The Balaban J connectivity index is 0.787. The van der Waals surface area contributed by atoms with Gasteiger partial charge in [-0.25, -0.2) is 0 Å². The zero-order chi connectivity index (χ0) is 58.2. The number of hydrogen-bond donors (Lipinski definition) is 3. The second-order valence-electron chi connectivity index (χ2n) is 20.9. The van der Waals surface area contributed by atoms with Crippen LogP contribution < -0.4 is 30.7 Å². The number of nitrogens with one attached hydrogen (secondary N) is 3. The summed E-state index contributed by atoms with van der Waals surface area (Å²) in [5.41, 5.74) is 10.3. The van der Waals surface area contributed by atoms with E-state index in [1.807, 2.05) is 153 Å². The zero-order valence-corrected chi connectivity index (χ0v) is 47.5. The maximum Gasteiger partial charge on any atom is 0.227 e. The molecular weight excluding hydrogens is 1030 g/mol. The van der Waals surface area contributed by atoms with Crippen LogP contribution in [0.25, 0.3) is 0 Å². The van der Waals surface area contributed by atoms with Crippen molar-refractivity contribution in [3.63, 3.8) is 0 Å². The maximum atomic E-state index is 13.8. The SMILES string of the molecule is C#Cc1ccccc1N(Cc1ccccc1C)C(=O)CCCCC(=O)NCCN(CCNC(=O)CCCCC(=O)N1Cc2ccccc2C#Cc2ccccc21)CCNC(=O)CCCCC(=O)N1Cc2ccccc2C#Cc2ccccc21. The Morgan fingerprint density at radius 1 is 0.482 bits per heavy atom. The van der Waals surface area contributed by atoms with Crippen LogP contribution in [0.1, 0.15) is 127 Å². The predicted octanol–water partition coefficient (Wildman–Crippen LogP) is 9.73. The molecule has 83 heavy (non-hydrogen) atoms. The fraction of sp³-hybridized carbons (Fsp3) is 0.314. The minimum absolute atomic E-state index is 0.0244. The average molecular weight is 1110 g/mol. The molecule has 0 saturated carbocycles. The molecule has 2 aliphatic heterocycles. The molecule has 2 aliphatic rings. The lowest BCUT2D eigenvalue weighted by atomic mass is 10.0. The lowest BCUT2D eigenvalue weighted by molar-refractivity contribution is -0.122. The topological polar surface area (TPSA) is 151 Å². The van der Waals surface area contributed by atoms with E-state index in [4.69, 9.17) is 6.42 Å². The van der Waals surface area contributed by atoms with Crippen LogP contribution >= 0.6 is 0 Å². The summed E-state index contributed by atoms with van der Waals surface area (Å²) in [5, 5.41) is 9.08. The quantitative estimate of drug-likeness (QED) is 0.0343. The van der Waals surface area contributed by atoms with E-state index in [0.29, 0.717) is 109 Å². The first-order valence-electron chi connectivity index (χ1n) is 29.0. The Morgan fingerprint density at radius 2 is 0.880 bits per heavy atom. The zero-order valence-electron chi connectivity index (χ0n) is 47.5. The molecule has 13 heteroatoms. The van der Waals surface area contributed by atoms with Gasteiger partial charge in [-0.2, -0.15) is 0 Å². The van der Waals surface area contributed by atoms with Gasteiger partial charge in [0.15, 0.2) is 0 Å². The molecule has 0 saturated heterocycles. The second kappa shape index (κ2) is 31.1. The molecule has 0 unspecified atom stereocenters. The van der Waals surface area contributed by atoms with Crippen LogP contribution in [0.2, 0.25) is 0 Å². The number of unbranched alkanes of at least 4 members (excludes halogenated alkanes) is 3. The van der Waals surface area contributed by atoms with Gasteiger partial charge in [-0.15, -0.1) is 6.42 Å². The first-order valence-corrected chi connectivity index (χ1v) is 29.0. The Morgan fingerprint density at radius 3 is 1.37 bits per heavy atom. The molecule has 0 aliphatic carbocycles. The number of fused-ring (bicyclic) bond motifs is 4. The molecule has 0 atom stereocenters. The highest BCUT2D eigenvalue weighted by molar-refractivity contribution is 5.97. The molecule has 6 aromatic rings. The maximum absolute atomic E-state index is 13.8. The molecule has 8 rings (SSSR count). The second-order valence-corrected chi connectivity index (χ2v) is 20.9. The molecule has 0 aromatic heterocycles. The van der Waals surface area contributed by atoms with Gasteiger partial charge in [0.1, 0.15) is 0 Å². The number of nitrogens with zero attached hydrogens (tertiary/aromatic N) is 4. The molecule has 0 fully saturated rings. The van der Waals surface area contributed by atoms with E-state index in [2.05, 4.69) is 50.5 Å². The van der Waals surface area contributed by atoms with E-state index in [1.165, 1.54) is 0 Å². The van der Waals surface area contributed by atoms with Crippen molar-refractivity contribution >= 4 is 52.5 Å². The van der Waals surface area contributed by atoms with Gasteiger partial charge in [-0.3, -0.25) is 33.7 Å². The molecule has 3 N–H and O–H groups in total. The first-order chi connectivity index (χ1) is 40.5. The highest BCUT2D eigenvalue weighted by atomic mass is 16.2. The summed E-state index contributed by atoms with van der Waals surface area (Å²) in [6.07, 6.45) is 10.6. The van der Waals surface area contributed by atoms with Gasteiger partial charge in [0.25, 0.3) is 0 Å². The number of carbonyl (C=O) groups excluding carboxylic acids is 6. The number of amides is 6. The summed E-state index contributed by atoms with van der Waals surface area (Å²) in [5.74, 6) is 15.2. The Kier molecular flexibility index (Phi) is 22.5. The van der Waals surface area contributed by atoms with Crippen LogP contribution in [-0.4, -0.2) is 79.6 Å². The molecule has 6 aromatic carbocycles. The average Bonchev–Trinajstić information content (AvgIpc) is 3.64. The summed E-state index contributed by atoms with van der Waals surface area (Å²) in [6, 6.07) is 46.5. The lowest BCUT2D eigenvalue weighted by Gasteiger charge is -2.26. The van der Waals surface area contributed by atoms with Crippen molar-refractivity contribution in [2.24, 2.45) is 0 Å². The number of carbonyl (C=O) groups is 6. The molecule has 0 bridgehead atoms. The fourth-order valence-corrected chi connectivity index (χ4v) is 10.3. The number of benzene rings is 6. The largest absolute Gasteiger partial charge is 0.355 e. The third kappa shape index (κ3) is 17.6. The monoisotopic (exact) mass is 1110 g/mol. The van der Waals surface area contributed by atoms with Crippen molar-refractivity contribution in [3.8, 4) is 36.0 Å². The fourth-order valence-electron chi connectivity index (χ4n) is 10.3. The summed E-state index contributed by atoms with van der Waals surface area (Å²) >= 11 is 0. The minimum atomic E-state index is -0.131. The Labute approximate surface area is 489 Å². The van der Waals surface area contributed by atoms with Crippen molar-refractivity contribution in [1.82, 2.24) is 20.9 Å². The van der Waals surface area contributed by atoms with Gasteiger partial charge in [-0.05, 0) is 116 Å². The van der Waals surface area contributed by atoms with Crippen LogP contribution in [0.15, 0.2) is 146 Å². The van der Waals surface area contributed by atoms with E-state index in [1.54, 1.807) is 14.7 Å². The number of rotatable bonds is 27. The molecule has 13 nitrogen and oxygen atoms in total. The van der Waals surface area contributed by atoms with Crippen molar-refractivity contribution < 1.29 is 28.8 Å². The van der Waals surface area contributed by atoms with Gasteiger partial charge in [-0.1, -0.05) is 127 Å². The van der Waals surface area contributed by atoms with E-state index < -0.39 is 0 Å². The van der Waals surface area contributed by atoms with Crippen LogP contribution in [0.4, 0.5) is 17.1 Å². The normalized spacial score (nSPS) is 11.9. The highest BCUT2D eigenvalue weighted by Gasteiger charge is 2.24. The predicted molar refractivity (Wildman–Crippen MR) is 328 cm³/mol. The summed E-state index contributed by atoms with van der Waals surface area (Å²) in [4.78, 5) is 88.1. The molecular formula is C70H73N7O6. The number of terminal acetylenes is 1. The minimum Gasteiger partial charge on any atom is -0.355 e. The number of hydrogen-bond acceptors (Lipinski definition) is 7. The van der Waals surface area contributed by atoms with E-state index in [-0.39, 0.29) is 74.0 Å². The van der Waals surface area contributed by atoms with Crippen LogP contribution in [0.5, 0.6) is 0 Å². The van der Waals surface area contributed by atoms with E-state index in [0.717, 1.165) is 55.9 Å². The number of aryl methyl sites for hydroxylation is 1. The summed E-state index contributed by atoms with van der Waals surface area (Å²) in [7, 11) is 0. The molecule has 424 valence electrons. The Bertz CT molecular complexity index is 3300. The molecule has 0 spiro atoms. The lowest BCUT2D eigenvalue weighted by Crippen LogP contribution is -2.43. The first kappa shape index (κ1) is 59.9. The van der Waals surface area contributed by atoms with Gasteiger partial charge in [0.2, 0.25) is 35.4 Å². The molecule has 0 radical (unpaired) electrons. The standard InChI is InChI=1S/C70H73N7O6/c1-3-54-23-10-13-31-62(54)75(50-59-28-5-4-22-53(59)2)68(81)37-19-16-34-65(78)71-44-47-74(48-45-72-66(79)35-17-20-38-69(82)76-51-60-29-8-6-24-55(60)40-42-57-26-11-14-32-63(57)76)49-46-73-67(80)36-18-21-39-70(83)77-52-61-30-9-7-25-56(61)41-43-58-27-12-15-33-64(58)77/h1,4-15,22-33H,16-21,34-39,44-52H2,2H3,(H,71,78)(H,72,79)(H,73,80). The van der Waals surface area contributed by atoms with Crippen molar-refractivity contribution in [1.29, 1.82) is 0 Å². The van der Waals surface area contributed by atoms with Gasteiger partial charge >= 0.3 is 0 Å². The van der Waals surface area contributed by atoms with Gasteiger partial charge in [0.05, 0.1) is 36.7 Å². The van der Waals surface area contributed by atoms with Gasteiger partial charge in [0, 0.05) is 106 Å². The van der Waals surface area contributed by atoms with Crippen molar-refractivity contribution in [2.75, 3.05) is 54.0 Å². The van der Waals surface area contributed by atoms with Gasteiger partial charge < -0.3 is 30.7 Å². The Hall–Kier alpha value is -9.22. The summed E-state index contributed by atoms with van der Waals surface area (Å²) < 4.78 is 0. The molecule has 6 amide bonds. The highest BCUT2D eigenvalue weighted by Crippen LogP contribution is 2.29. The third-order valence-corrected chi connectivity index (χ3v) is 15.0. The third-order valence-electron chi connectivity index (χ3n) is 15.0. The molecule has 2 heterocycles. The van der Waals surface area contributed by atoms with E-state index in [9.17, 15) is 28.8 Å². The van der Waals surface area contributed by atoms with E-state index >= 15 is 0 Å². The summed E-state index contributed by atoms with van der Waals surface area (Å²) in [6.45, 7) is 5.66. The van der Waals surface area contributed by atoms with Crippen LogP contribution in [0, 0.1) is 42.9 Å². The number of para-hydroxylation sites is 3. The van der Waals surface area contributed by atoms with Crippen LogP contribution in [-0.2, 0) is 48.4 Å². The number of anilines is 3. The smallest absolute Gasteiger partial charge is 0.227 e.